The minimum absolute atomic E-state index is 0.0812. The van der Waals surface area contributed by atoms with Crippen molar-refractivity contribution in [2.45, 2.75) is 167 Å². The quantitative estimate of drug-likeness (QED) is 0.0201. The topological polar surface area (TPSA) is 169 Å². The van der Waals surface area contributed by atoms with Gasteiger partial charge in [-0.1, -0.05) is 124 Å². The van der Waals surface area contributed by atoms with Crippen LogP contribution in [0.2, 0.25) is 0 Å². The number of phosphoric acid groups is 1. The lowest BCUT2D eigenvalue weighted by Gasteiger charge is -2.20. The highest BCUT2D eigenvalue weighted by molar-refractivity contribution is 7.47. The van der Waals surface area contributed by atoms with E-state index >= 15 is 0 Å². The number of unbranched alkanes of at least 4 members (excludes halogenated alkanes) is 9. The third-order valence-electron chi connectivity index (χ3n) is 8.54. The van der Waals surface area contributed by atoms with Crippen LogP contribution in [0.3, 0.4) is 0 Å². The number of aliphatic hydroxyl groups is 3. The van der Waals surface area contributed by atoms with E-state index in [-0.39, 0.29) is 25.6 Å². The third-order valence-corrected chi connectivity index (χ3v) is 9.49. The fourth-order valence-corrected chi connectivity index (χ4v) is 5.98. The highest BCUT2D eigenvalue weighted by atomic mass is 31.2. The first kappa shape index (κ1) is 55.1. The lowest BCUT2D eigenvalue weighted by atomic mass is 10.1. The van der Waals surface area contributed by atoms with Gasteiger partial charge in [-0.3, -0.25) is 18.6 Å². The molecule has 0 aliphatic carbocycles. The normalized spacial score (nSPS) is 15.2. The number of aliphatic hydroxyl groups excluding tert-OH is 3. The highest BCUT2D eigenvalue weighted by Crippen LogP contribution is 2.43. The second kappa shape index (κ2) is 40.9. The fourth-order valence-electron chi connectivity index (χ4n) is 5.20. The summed E-state index contributed by atoms with van der Waals surface area (Å²) in [5, 5.41) is 27.6. The van der Waals surface area contributed by atoms with Crippen LogP contribution >= 0.6 is 7.82 Å². The predicted octanol–water partition coefficient (Wildman–Crippen LogP) is 10.4. The summed E-state index contributed by atoms with van der Waals surface area (Å²) in [6.07, 6.45) is 45.5. The van der Waals surface area contributed by atoms with Gasteiger partial charge in [0, 0.05) is 12.8 Å². The van der Waals surface area contributed by atoms with Gasteiger partial charge in [0.2, 0.25) is 0 Å². The van der Waals surface area contributed by atoms with Crippen molar-refractivity contribution in [2.24, 2.45) is 0 Å². The molecule has 0 spiro atoms. The van der Waals surface area contributed by atoms with Crippen LogP contribution in [0.1, 0.15) is 149 Å². The molecule has 0 saturated heterocycles. The van der Waals surface area contributed by atoms with Crippen molar-refractivity contribution in [3.05, 3.63) is 85.1 Å². The van der Waals surface area contributed by atoms with Gasteiger partial charge in [-0.25, -0.2) is 4.57 Å². The summed E-state index contributed by atoms with van der Waals surface area (Å²) in [7, 11) is -4.66. The zero-order valence-electron chi connectivity index (χ0n) is 35.6. The molecule has 0 aliphatic heterocycles. The van der Waals surface area contributed by atoms with Crippen LogP contribution in [0.5, 0.6) is 0 Å². The van der Waals surface area contributed by atoms with Gasteiger partial charge in [-0.05, 0) is 96.8 Å². The first-order valence-corrected chi connectivity index (χ1v) is 23.1. The molecule has 12 heteroatoms. The van der Waals surface area contributed by atoms with Crippen molar-refractivity contribution >= 4 is 19.8 Å². The van der Waals surface area contributed by atoms with E-state index in [0.29, 0.717) is 25.7 Å². The molecule has 0 aromatic rings. The van der Waals surface area contributed by atoms with Crippen LogP contribution in [-0.2, 0) is 32.7 Å². The fraction of sp³-hybridized carbons (Fsp3) is 0.652. The Balaban J connectivity index is 4.50. The monoisotopic (exact) mass is 837 g/mol. The van der Waals surface area contributed by atoms with E-state index in [0.717, 1.165) is 57.8 Å². The second-order valence-corrected chi connectivity index (χ2v) is 15.7. The van der Waals surface area contributed by atoms with E-state index < -0.39 is 51.8 Å². The maximum Gasteiger partial charge on any atom is 0.472 e. The highest BCUT2D eigenvalue weighted by Gasteiger charge is 2.27. The van der Waals surface area contributed by atoms with Crippen molar-refractivity contribution < 1.29 is 52.9 Å². The number of hydrogen-bond donors (Lipinski definition) is 4. The molecule has 4 atom stereocenters. The van der Waals surface area contributed by atoms with Crippen LogP contribution < -0.4 is 0 Å². The molecule has 58 heavy (non-hydrogen) atoms. The number of carbonyl (C=O) groups is 2. The maximum absolute atomic E-state index is 12.6. The van der Waals surface area contributed by atoms with Crippen molar-refractivity contribution in [1.82, 2.24) is 0 Å². The van der Waals surface area contributed by atoms with Gasteiger partial charge in [-0.2, -0.15) is 0 Å². The van der Waals surface area contributed by atoms with Gasteiger partial charge in [0.1, 0.15) is 12.7 Å². The molecule has 1 unspecified atom stereocenters. The molecular formula is C46H77O11P. The van der Waals surface area contributed by atoms with E-state index in [1.165, 1.54) is 38.5 Å². The number of carbonyl (C=O) groups excluding carboxylic acids is 2. The molecule has 0 heterocycles. The summed E-state index contributed by atoms with van der Waals surface area (Å²) in [5.74, 6) is -1.08. The standard InChI is InChI=1S/C46H77O11P/c1-3-4-5-6-7-8-9-10-11-12-15-18-21-24-27-30-33-36-45(50)54-40-44(41-56-58(52,53)55-39-43(49)38-47)57-46(51)37-34-31-28-25-22-19-16-13-14-17-20-23-26-29-32-35-42(2)48/h10-11,14-19,23-28,42-44,47-49H,3-9,12-13,20-22,29-41H2,1-2H3,(H,52,53)/b11-10-,17-14-,18-15-,19-16-,26-23-,27-24-,28-25-/t42-,43-,44+/m0/s1. The predicted molar refractivity (Wildman–Crippen MR) is 234 cm³/mol. The minimum Gasteiger partial charge on any atom is -0.462 e. The molecule has 0 aromatic carbocycles. The Hall–Kier alpha value is -2.89. The smallest absolute Gasteiger partial charge is 0.462 e. The van der Waals surface area contributed by atoms with Crippen LogP contribution in [0, 0.1) is 0 Å². The van der Waals surface area contributed by atoms with Gasteiger partial charge in [0.15, 0.2) is 6.10 Å². The maximum atomic E-state index is 12.6. The molecule has 4 N–H and O–H groups in total. The van der Waals surface area contributed by atoms with Crippen LogP contribution in [-0.4, -0.2) is 76.9 Å². The van der Waals surface area contributed by atoms with Gasteiger partial charge in [0.05, 0.1) is 25.9 Å². The Morgan fingerprint density at radius 3 is 1.50 bits per heavy atom. The Morgan fingerprint density at radius 2 is 1.00 bits per heavy atom. The van der Waals surface area contributed by atoms with Gasteiger partial charge in [-0.15, -0.1) is 0 Å². The average Bonchev–Trinajstić information content (AvgIpc) is 3.20. The molecule has 0 aromatic heterocycles. The minimum atomic E-state index is -4.66. The first-order chi connectivity index (χ1) is 28.1. The largest absolute Gasteiger partial charge is 0.472 e. The number of esters is 2. The lowest BCUT2D eigenvalue weighted by molar-refractivity contribution is -0.161. The summed E-state index contributed by atoms with van der Waals surface area (Å²) in [4.78, 5) is 34.9. The molecular weight excluding hydrogens is 759 g/mol. The molecule has 0 saturated carbocycles. The van der Waals surface area contributed by atoms with Gasteiger partial charge < -0.3 is 29.7 Å². The van der Waals surface area contributed by atoms with E-state index in [9.17, 15) is 29.3 Å². The van der Waals surface area contributed by atoms with Crippen molar-refractivity contribution in [3.63, 3.8) is 0 Å². The molecule has 0 bridgehead atoms. The van der Waals surface area contributed by atoms with Crippen molar-refractivity contribution in [1.29, 1.82) is 0 Å². The van der Waals surface area contributed by atoms with E-state index in [1.807, 2.05) is 25.2 Å². The summed E-state index contributed by atoms with van der Waals surface area (Å²) in [6, 6.07) is 0. The number of ether oxygens (including phenoxy) is 2. The molecule has 0 aliphatic rings. The zero-order chi connectivity index (χ0) is 42.8. The molecule has 0 fully saturated rings. The Morgan fingerprint density at radius 1 is 0.569 bits per heavy atom. The zero-order valence-corrected chi connectivity index (χ0v) is 36.5. The summed E-state index contributed by atoms with van der Waals surface area (Å²) in [6.45, 7) is 1.77. The van der Waals surface area contributed by atoms with E-state index in [4.69, 9.17) is 19.1 Å². The molecule has 11 nitrogen and oxygen atoms in total. The Bertz CT molecular complexity index is 1250. The summed E-state index contributed by atoms with van der Waals surface area (Å²) >= 11 is 0. The number of hydrogen-bond acceptors (Lipinski definition) is 10. The van der Waals surface area contributed by atoms with Gasteiger partial charge >= 0.3 is 19.8 Å². The molecule has 0 amide bonds. The van der Waals surface area contributed by atoms with Crippen LogP contribution in [0.4, 0.5) is 0 Å². The van der Waals surface area contributed by atoms with Gasteiger partial charge in [0.25, 0.3) is 0 Å². The summed E-state index contributed by atoms with van der Waals surface area (Å²) < 4.78 is 32.6. The third kappa shape index (κ3) is 41.3. The molecule has 0 rings (SSSR count). The molecule has 332 valence electrons. The molecule has 0 radical (unpaired) electrons. The number of allylic oxidation sites excluding steroid dienone is 14. The van der Waals surface area contributed by atoms with E-state index in [1.54, 1.807) is 0 Å². The average molecular weight is 837 g/mol. The Kier molecular flexibility index (Phi) is 38.8. The van der Waals surface area contributed by atoms with Crippen molar-refractivity contribution in [3.8, 4) is 0 Å². The van der Waals surface area contributed by atoms with E-state index in [2.05, 4.69) is 78.3 Å². The van der Waals surface area contributed by atoms with Crippen LogP contribution in [0.25, 0.3) is 0 Å². The SMILES string of the molecule is CCCCCCCC/C=C\C/C=C\C/C=C\CCCC(=O)OC[C@H](COP(=O)(O)OC[C@@H](O)CO)OC(=O)CCC/C=C\C/C=C\C/C=C\C/C=C\CCC[C@H](C)O. The lowest BCUT2D eigenvalue weighted by Crippen LogP contribution is -2.29. The number of phosphoric ester groups is 1. The summed E-state index contributed by atoms with van der Waals surface area (Å²) in [5.41, 5.74) is 0. The van der Waals surface area contributed by atoms with Crippen molar-refractivity contribution in [2.75, 3.05) is 26.4 Å². The van der Waals surface area contributed by atoms with Crippen LogP contribution in [0.15, 0.2) is 85.1 Å². The first-order valence-electron chi connectivity index (χ1n) is 21.6. The Labute approximate surface area is 350 Å². The number of rotatable bonds is 39. The second-order valence-electron chi connectivity index (χ2n) is 14.3.